The molecule has 8 nitrogen and oxygen atoms in total. The maximum atomic E-state index is 12.9. The molecule has 12 heteroatoms. The average Bonchev–Trinajstić information content (AvgIpc) is 3.08. The smallest absolute Gasteiger partial charge is 0.339 e. The lowest BCUT2D eigenvalue weighted by Gasteiger charge is -2.14. The third-order valence-corrected chi connectivity index (χ3v) is 8.00. The summed E-state index contributed by atoms with van der Waals surface area (Å²) in [5.41, 5.74) is 1.32. The zero-order chi connectivity index (χ0) is 25.3. The Morgan fingerprint density at radius 2 is 1.74 bits per heavy atom. The first-order valence-electron chi connectivity index (χ1n) is 9.88. The molecule has 1 aliphatic rings. The Morgan fingerprint density at radius 3 is 2.37 bits per heavy atom. The van der Waals surface area contributed by atoms with E-state index in [4.69, 9.17) is 16.4 Å². The van der Waals surface area contributed by atoms with Crippen molar-refractivity contribution in [3.8, 4) is 5.75 Å². The summed E-state index contributed by atoms with van der Waals surface area (Å²) in [5, 5.41) is 11.1. The van der Waals surface area contributed by atoms with E-state index in [0.717, 1.165) is 10.5 Å². The second-order valence-electron chi connectivity index (χ2n) is 7.31. The molecule has 1 heterocycles. The Balaban J connectivity index is 1.52. The monoisotopic (exact) mass is 590 g/mol. The summed E-state index contributed by atoms with van der Waals surface area (Å²) >= 11 is 9.90. The molecule has 0 bridgehead atoms. The Labute approximate surface area is 219 Å². The van der Waals surface area contributed by atoms with Crippen LogP contribution in [0.25, 0.3) is 6.08 Å². The van der Waals surface area contributed by atoms with E-state index in [2.05, 4.69) is 15.9 Å². The van der Waals surface area contributed by atoms with E-state index < -0.39 is 15.0 Å². The average molecular weight is 591 g/mol. The Morgan fingerprint density at radius 1 is 1.09 bits per heavy atom. The number of carbonyl (C=O) groups is 1. The summed E-state index contributed by atoms with van der Waals surface area (Å²) in [6, 6.07) is 16.8. The van der Waals surface area contributed by atoms with E-state index in [0.29, 0.717) is 26.0 Å². The maximum absolute atomic E-state index is 12.9. The van der Waals surface area contributed by atoms with Crippen LogP contribution in [0.3, 0.4) is 0 Å². The molecular formula is C23H15BrN2O6S3. The van der Waals surface area contributed by atoms with E-state index in [1.807, 2.05) is 12.1 Å². The number of aryl methyl sites for hydroxylation is 1. The van der Waals surface area contributed by atoms with Crippen LogP contribution < -0.4 is 9.08 Å². The highest BCUT2D eigenvalue weighted by atomic mass is 79.9. The van der Waals surface area contributed by atoms with Crippen LogP contribution in [0.4, 0.5) is 11.4 Å². The minimum absolute atomic E-state index is 0.0211. The lowest BCUT2D eigenvalue weighted by Crippen LogP contribution is -2.27. The highest BCUT2D eigenvalue weighted by Crippen LogP contribution is 2.36. The SMILES string of the molecule is Cc1ccc(S(=O)(=O)Oc2ccc(/C=C3\SC(=S)N(c4ccc(Br)cc4)C3=O)cc2)cc1[N+](=O)[O-]. The van der Waals surface area contributed by atoms with Gasteiger partial charge in [-0.3, -0.25) is 19.8 Å². The van der Waals surface area contributed by atoms with Crippen molar-refractivity contribution in [2.45, 2.75) is 11.8 Å². The number of carbonyl (C=O) groups excluding carboxylic acids is 1. The molecule has 0 unspecified atom stereocenters. The fourth-order valence-corrected chi connectivity index (χ4v) is 5.68. The van der Waals surface area contributed by atoms with Crippen molar-refractivity contribution >= 4 is 77.7 Å². The van der Waals surface area contributed by atoms with Crippen LogP contribution in [-0.2, 0) is 14.9 Å². The lowest BCUT2D eigenvalue weighted by atomic mass is 10.2. The summed E-state index contributed by atoms with van der Waals surface area (Å²) < 4.78 is 31.6. The molecule has 1 aliphatic heterocycles. The number of hydrogen-bond donors (Lipinski definition) is 0. The molecule has 0 aromatic heterocycles. The number of hydrogen-bond acceptors (Lipinski definition) is 8. The molecule has 1 amide bonds. The topological polar surface area (TPSA) is 107 Å². The first-order valence-corrected chi connectivity index (χ1v) is 13.3. The molecule has 3 aromatic carbocycles. The van der Waals surface area contributed by atoms with Crippen molar-refractivity contribution in [3.05, 3.63) is 97.3 Å². The summed E-state index contributed by atoms with van der Waals surface area (Å²) in [5.74, 6) is -0.237. The predicted molar refractivity (Wildman–Crippen MR) is 142 cm³/mol. The number of benzene rings is 3. The fraction of sp³-hybridized carbons (Fsp3) is 0.0435. The third-order valence-electron chi connectivity index (χ3n) is 4.93. The molecule has 0 spiro atoms. The molecule has 0 atom stereocenters. The van der Waals surface area contributed by atoms with E-state index in [1.54, 1.807) is 30.3 Å². The molecule has 1 fully saturated rings. The van der Waals surface area contributed by atoms with Crippen molar-refractivity contribution < 1.29 is 22.3 Å². The van der Waals surface area contributed by atoms with Gasteiger partial charge in [-0.1, -0.05) is 58.1 Å². The number of nitro benzene ring substituents is 1. The second kappa shape index (κ2) is 9.90. The summed E-state index contributed by atoms with van der Waals surface area (Å²) in [4.78, 5) is 24.9. The van der Waals surface area contributed by atoms with Crippen molar-refractivity contribution in [2.75, 3.05) is 4.90 Å². The van der Waals surface area contributed by atoms with Crippen LogP contribution in [0.2, 0.25) is 0 Å². The molecule has 3 aromatic rings. The Kier molecular flexibility index (Phi) is 7.08. The molecule has 1 saturated heterocycles. The molecule has 0 saturated carbocycles. The number of nitro groups is 1. The number of halogens is 1. The van der Waals surface area contributed by atoms with Gasteiger partial charge >= 0.3 is 10.1 Å². The van der Waals surface area contributed by atoms with Gasteiger partial charge in [0.1, 0.15) is 10.6 Å². The minimum Gasteiger partial charge on any atom is -0.379 e. The van der Waals surface area contributed by atoms with Gasteiger partial charge in [0.15, 0.2) is 4.32 Å². The number of thioether (sulfide) groups is 1. The van der Waals surface area contributed by atoms with Crippen LogP contribution in [0.15, 0.2) is 81.0 Å². The second-order valence-corrected chi connectivity index (χ2v) is 11.4. The number of thiocarbonyl (C=S) groups is 1. The van der Waals surface area contributed by atoms with Crippen LogP contribution in [-0.4, -0.2) is 23.6 Å². The van der Waals surface area contributed by atoms with Crippen molar-refractivity contribution in [3.63, 3.8) is 0 Å². The summed E-state index contributed by atoms with van der Waals surface area (Å²) in [7, 11) is -4.28. The molecule has 0 N–H and O–H groups in total. The van der Waals surface area contributed by atoms with Gasteiger partial charge in [-0.05, 0) is 61.0 Å². The Bertz CT molecular complexity index is 1490. The highest BCUT2D eigenvalue weighted by Gasteiger charge is 2.33. The lowest BCUT2D eigenvalue weighted by molar-refractivity contribution is -0.385. The largest absolute Gasteiger partial charge is 0.379 e. The van der Waals surface area contributed by atoms with Gasteiger partial charge in [0.2, 0.25) is 0 Å². The van der Waals surface area contributed by atoms with Gasteiger partial charge in [-0.25, -0.2) is 0 Å². The van der Waals surface area contributed by atoms with E-state index >= 15 is 0 Å². The Hall–Kier alpha value is -3.06. The van der Waals surface area contributed by atoms with Gasteiger partial charge in [0, 0.05) is 16.1 Å². The number of rotatable bonds is 6. The molecule has 0 aliphatic carbocycles. The van der Waals surface area contributed by atoms with Crippen LogP contribution >= 0.6 is 39.9 Å². The maximum Gasteiger partial charge on any atom is 0.339 e. The number of anilines is 1. The molecule has 0 radical (unpaired) electrons. The highest BCUT2D eigenvalue weighted by molar-refractivity contribution is 9.10. The first kappa shape index (κ1) is 25.0. The molecular weight excluding hydrogens is 576 g/mol. The predicted octanol–water partition coefficient (Wildman–Crippen LogP) is 5.84. The van der Waals surface area contributed by atoms with Crippen LogP contribution in [0.1, 0.15) is 11.1 Å². The first-order chi connectivity index (χ1) is 16.5. The molecule has 4 rings (SSSR count). The quantitative estimate of drug-likeness (QED) is 0.116. The van der Waals surface area contributed by atoms with E-state index in [-0.39, 0.29) is 22.2 Å². The van der Waals surface area contributed by atoms with Crippen molar-refractivity contribution in [2.24, 2.45) is 0 Å². The minimum atomic E-state index is -4.28. The zero-order valence-corrected chi connectivity index (χ0v) is 21.9. The molecule has 178 valence electrons. The summed E-state index contributed by atoms with van der Waals surface area (Å²) in [6.07, 6.45) is 1.65. The van der Waals surface area contributed by atoms with Gasteiger partial charge < -0.3 is 4.18 Å². The molecule has 35 heavy (non-hydrogen) atoms. The van der Waals surface area contributed by atoms with Crippen molar-refractivity contribution in [1.29, 1.82) is 0 Å². The van der Waals surface area contributed by atoms with Gasteiger partial charge in [-0.2, -0.15) is 8.42 Å². The zero-order valence-electron chi connectivity index (χ0n) is 17.9. The van der Waals surface area contributed by atoms with Gasteiger partial charge in [0.05, 0.1) is 15.5 Å². The fourth-order valence-electron chi connectivity index (χ4n) is 3.17. The van der Waals surface area contributed by atoms with Crippen LogP contribution in [0, 0.1) is 17.0 Å². The number of nitrogens with zero attached hydrogens (tertiary/aromatic N) is 2. The standard InChI is InChI=1S/C23H15BrN2O6S3/c1-14-2-11-19(13-20(14)26(28)29)35(30,31)32-18-9-3-15(4-10-18)12-21-22(27)25(23(33)34-21)17-7-5-16(24)6-8-17/h2-13H,1H3/b21-12-. The van der Waals surface area contributed by atoms with Gasteiger partial charge in [-0.15, -0.1) is 0 Å². The third kappa shape index (κ3) is 5.45. The van der Waals surface area contributed by atoms with Crippen molar-refractivity contribution in [1.82, 2.24) is 0 Å². The van der Waals surface area contributed by atoms with E-state index in [9.17, 15) is 23.3 Å². The van der Waals surface area contributed by atoms with Crippen LogP contribution in [0.5, 0.6) is 5.75 Å². The summed E-state index contributed by atoms with van der Waals surface area (Å²) in [6.45, 7) is 1.51. The normalized spacial score (nSPS) is 15.0. The van der Waals surface area contributed by atoms with Gasteiger partial charge in [0.25, 0.3) is 11.6 Å². The number of amides is 1. The van der Waals surface area contributed by atoms with E-state index in [1.165, 1.54) is 47.9 Å².